The molecule has 1 heterocycles. The van der Waals surface area contributed by atoms with Gasteiger partial charge in [0.1, 0.15) is 0 Å². The summed E-state index contributed by atoms with van der Waals surface area (Å²) < 4.78 is 0. The first kappa shape index (κ1) is 10.7. The lowest BCUT2D eigenvalue weighted by molar-refractivity contribution is 0.420. The Balaban J connectivity index is 0.000000461. The molecule has 1 nitrogen and oxygen atoms in total. The van der Waals surface area contributed by atoms with Crippen LogP contribution in [0, 0.1) is 5.92 Å². The van der Waals surface area contributed by atoms with Crippen molar-refractivity contribution >= 4 is 0 Å². The Morgan fingerprint density at radius 2 is 1.91 bits per heavy atom. The van der Waals surface area contributed by atoms with E-state index in [0.717, 1.165) is 12.5 Å². The molecule has 0 spiro atoms. The Labute approximate surface area is 71.1 Å². The van der Waals surface area contributed by atoms with Crippen LogP contribution in [-0.4, -0.2) is 25.0 Å². The van der Waals surface area contributed by atoms with Gasteiger partial charge in [-0.1, -0.05) is 39.3 Å². The quantitative estimate of drug-likeness (QED) is 0.526. The Hall–Kier alpha value is -0.300. The van der Waals surface area contributed by atoms with Crippen LogP contribution in [0.3, 0.4) is 0 Å². The molecule has 1 aliphatic rings. The lowest BCUT2D eigenvalue weighted by atomic mass is 10.1. The van der Waals surface area contributed by atoms with Crippen LogP contribution in [0.15, 0.2) is 11.6 Å². The molecule has 0 fully saturated rings. The van der Waals surface area contributed by atoms with Crippen molar-refractivity contribution < 1.29 is 0 Å². The van der Waals surface area contributed by atoms with Gasteiger partial charge in [0.2, 0.25) is 0 Å². The van der Waals surface area contributed by atoms with Crippen molar-refractivity contribution in [1.29, 1.82) is 0 Å². The molecule has 1 aliphatic heterocycles. The maximum absolute atomic E-state index is 2.34. The summed E-state index contributed by atoms with van der Waals surface area (Å²) in [6.07, 6.45) is 2.34. The maximum atomic E-state index is 2.34. The molecular weight excluding hydrogens is 134 g/mol. The number of hydrogen-bond acceptors (Lipinski definition) is 1. The summed E-state index contributed by atoms with van der Waals surface area (Å²) in [5, 5.41) is 0. The van der Waals surface area contributed by atoms with Gasteiger partial charge in [0.05, 0.1) is 0 Å². The van der Waals surface area contributed by atoms with Crippen LogP contribution in [0.25, 0.3) is 0 Å². The van der Waals surface area contributed by atoms with Gasteiger partial charge in [0.15, 0.2) is 0 Å². The summed E-state index contributed by atoms with van der Waals surface area (Å²) in [5.41, 5.74) is 1.59. The molecular formula is C10H21N. The van der Waals surface area contributed by atoms with E-state index in [4.69, 9.17) is 0 Å². The Morgan fingerprint density at radius 1 is 1.36 bits per heavy atom. The molecule has 11 heavy (non-hydrogen) atoms. The van der Waals surface area contributed by atoms with Crippen molar-refractivity contribution in [2.24, 2.45) is 5.92 Å². The zero-order chi connectivity index (χ0) is 8.85. The van der Waals surface area contributed by atoms with E-state index in [2.05, 4.69) is 31.9 Å². The molecule has 0 aromatic heterocycles. The van der Waals surface area contributed by atoms with Crippen LogP contribution < -0.4 is 0 Å². The Kier molecular flexibility index (Phi) is 5.22. The molecule has 0 saturated heterocycles. The van der Waals surface area contributed by atoms with Crippen LogP contribution in [0.4, 0.5) is 0 Å². The minimum absolute atomic E-state index is 0.745. The van der Waals surface area contributed by atoms with Crippen LogP contribution >= 0.6 is 0 Å². The fraction of sp³-hybridized carbons (Fsp3) is 0.800. The fourth-order valence-corrected chi connectivity index (χ4v) is 1.13. The number of hydrogen-bond donors (Lipinski definition) is 0. The lowest BCUT2D eigenvalue weighted by Gasteiger charge is -2.09. The predicted molar refractivity (Wildman–Crippen MR) is 51.8 cm³/mol. The predicted octanol–water partition coefficient (Wildman–Crippen LogP) is 2.54. The molecule has 0 aromatic rings. The highest BCUT2D eigenvalue weighted by molar-refractivity contribution is 5.12. The van der Waals surface area contributed by atoms with E-state index in [-0.39, 0.29) is 0 Å². The SMILES string of the molecule is CC.CC(C)C1=CCN(C)C1. The topological polar surface area (TPSA) is 3.24 Å². The first-order chi connectivity index (χ1) is 5.20. The van der Waals surface area contributed by atoms with Crippen molar-refractivity contribution in [3.8, 4) is 0 Å². The minimum Gasteiger partial charge on any atom is -0.299 e. The third kappa shape index (κ3) is 3.57. The van der Waals surface area contributed by atoms with Gasteiger partial charge in [-0.3, -0.25) is 4.90 Å². The van der Waals surface area contributed by atoms with Gasteiger partial charge in [-0.05, 0) is 13.0 Å². The van der Waals surface area contributed by atoms with Crippen molar-refractivity contribution in [3.63, 3.8) is 0 Å². The largest absolute Gasteiger partial charge is 0.299 e. The highest BCUT2D eigenvalue weighted by Crippen LogP contribution is 2.15. The molecule has 0 atom stereocenters. The minimum atomic E-state index is 0.745. The zero-order valence-electron chi connectivity index (χ0n) is 8.52. The smallest absolute Gasteiger partial charge is 0.0196 e. The molecule has 1 heteroatoms. The van der Waals surface area contributed by atoms with Crippen LogP contribution in [0.1, 0.15) is 27.7 Å². The molecule has 0 N–H and O–H groups in total. The molecule has 0 radical (unpaired) electrons. The van der Waals surface area contributed by atoms with E-state index in [1.165, 1.54) is 6.54 Å². The molecule has 1 rings (SSSR count). The van der Waals surface area contributed by atoms with Crippen molar-refractivity contribution in [3.05, 3.63) is 11.6 Å². The zero-order valence-corrected chi connectivity index (χ0v) is 8.52. The van der Waals surface area contributed by atoms with Gasteiger partial charge < -0.3 is 0 Å². The second kappa shape index (κ2) is 5.36. The average Bonchev–Trinajstić information content (AvgIpc) is 2.40. The third-order valence-corrected chi connectivity index (χ3v) is 1.86. The lowest BCUT2D eigenvalue weighted by Crippen LogP contribution is -2.14. The molecule has 0 aromatic carbocycles. The average molecular weight is 155 g/mol. The molecule has 66 valence electrons. The monoisotopic (exact) mass is 155 g/mol. The fourth-order valence-electron chi connectivity index (χ4n) is 1.13. The van der Waals surface area contributed by atoms with Crippen LogP contribution in [0.2, 0.25) is 0 Å². The standard InChI is InChI=1S/C8H15N.C2H6/c1-7(2)8-4-5-9(3)6-8;1-2/h4,7H,5-6H2,1-3H3;1-2H3. The summed E-state index contributed by atoms with van der Waals surface area (Å²) in [6, 6.07) is 0. The first-order valence-corrected chi connectivity index (χ1v) is 4.57. The Morgan fingerprint density at radius 3 is 2.09 bits per heavy atom. The van der Waals surface area contributed by atoms with Gasteiger partial charge in [-0.2, -0.15) is 0 Å². The summed E-state index contributed by atoms with van der Waals surface area (Å²) in [4.78, 5) is 2.33. The van der Waals surface area contributed by atoms with E-state index >= 15 is 0 Å². The van der Waals surface area contributed by atoms with Gasteiger partial charge >= 0.3 is 0 Å². The molecule has 0 aliphatic carbocycles. The van der Waals surface area contributed by atoms with Crippen LogP contribution in [-0.2, 0) is 0 Å². The Bertz CT molecular complexity index is 125. The normalized spacial score (nSPS) is 17.8. The summed E-state index contributed by atoms with van der Waals surface area (Å²) in [5.74, 6) is 0.745. The highest BCUT2D eigenvalue weighted by atomic mass is 15.1. The molecule has 0 amide bonds. The third-order valence-electron chi connectivity index (χ3n) is 1.86. The second-order valence-electron chi connectivity index (χ2n) is 3.13. The molecule has 0 saturated carbocycles. The van der Waals surface area contributed by atoms with Gasteiger partial charge in [0, 0.05) is 13.1 Å². The molecule has 0 bridgehead atoms. The van der Waals surface area contributed by atoms with Gasteiger partial charge in [0.25, 0.3) is 0 Å². The van der Waals surface area contributed by atoms with E-state index < -0.39 is 0 Å². The van der Waals surface area contributed by atoms with Crippen molar-refractivity contribution in [2.75, 3.05) is 20.1 Å². The van der Waals surface area contributed by atoms with Gasteiger partial charge in [-0.25, -0.2) is 0 Å². The van der Waals surface area contributed by atoms with Crippen molar-refractivity contribution in [1.82, 2.24) is 4.90 Å². The van der Waals surface area contributed by atoms with E-state index in [1.54, 1.807) is 5.57 Å². The second-order valence-corrected chi connectivity index (χ2v) is 3.13. The number of nitrogens with zero attached hydrogens (tertiary/aromatic N) is 1. The van der Waals surface area contributed by atoms with Crippen LogP contribution in [0.5, 0.6) is 0 Å². The highest BCUT2D eigenvalue weighted by Gasteiger charge is 2.11. The summed E-state index contributed by atoms with van der Waals surface area (Å²) >= 11 is 0. The van der Waals surface area contributed by atoms with E-state index in [0.29, 0.717) is 0 Å². The number of likely N-dealkylation sites (N-methyl/N-ethyl adjacent to an activating group) is 1. The van der Waals surface area contributed by atoms with E-state index in [1.807, 2.05) is 13.8 Å². The van der Waals surface area contributed by atoms with Crippen molar-refractivity contribution in [2.45, 2.75) is 27.7 Å². The summed E-state index contributed by atoms with van der Waals surface area (Å²) in [7, 11) is 2.16. The maximum Gasteiger partial charge on any atom is 0.0196 e. The first-order valence-electron chi connectivity index (χ1n) is 4.57. The van der Waals surface area contributed by atoms with E-state index in [9.17, 15) is 0 Å². The summed E-state index contributed by atoms with van der Waals surface area (Å²) in [6.45, 7) is 10.8. The molecule has 0 unspecified atom stereocenters. The number of rotatable bonds is 1. The van der Waals surface area contributed by atoms with Gasteiger partial charge in [-0.15, -0.1) is 0 Å².